The number of piperidine rings is 2. The summed E-state index contributed by atoms with van der Waals surface area (Å²) < 4.78 is 0. The van der Waals surface area contributed by atoms with Crippen molar-refractivity contribution in [2.45, 2.75) is 79.1 Å². The van der Waals surface area contributed by atoms with Crippen LogP contribution < -0.4 is 0 Å². The third kappa shape index (κ3) is 4.53. The van der Waals surface area contributed by atoms with Gasteiger partial charge in [-0.2, -0.15) is 0 Å². The largest absolute Gasteiger partial charge is 0.342 e. The van der Waals surface area contributed by atoms with Gasteiger partial charge in [0, 0.05) is 19.0 Å². The molecule has 0 unspecified atom stereocenters. The molecule has 0 aromatic carbocycles. The highest BCUT2D eigenvalue weighted by Crippen LogP contribution is 2.54. The van der Waals surface area contributed by atoms with Crippen molar-refractivity contribution in [2.24, 2.45) is 17.3 Å². The number of likely N-dealkylation sites (tertiary alicyclic amines) is 2. The van der Waals surface area contributed by atoms with Crippen molar-refractivity contribution in [3.63, 3.8) is 0 Å². The van der Waals surface area contributed by atoms with Gasteiger partial charge >= 0.3 is 0 Å². The number of hydrogen-bond donors (Lipinski definition) is 0. The summed E-state index contributed by atoms with van der Waals surface area (Å²) in [5, 5.41) is 0. The molecule has 24 heavy (non-hydrogen) atoms. The van der Waals surface area contributed by atoms with Crippen molar-refractivity contribution < 1.29 is 4.79 Å². The van der Waals surface area contributed by atoms with Crippen LogP contribution in [0.4, 0.5) is 0 Å². The Hall–Kier alpha value is -0.570. The van der Waals surface area contributed by atoms with E-state index in [1.807, 2.05) is 13.8 Å². The molecule has 0 aromatic heterocycles. The van der Waals surface area contributed by atoms with E-state index in [1.165, 1.54) is 38.5 Å². The average Bonchev–Trinajstić information content (AvgIpc) is 2.62. The molecule has 2 aliphatic heterocycles. The van der Waals surface area contributed by atoms with Crippen LogP contribution in [0.5, 0.6) is 0 Å². The first-order valence-electron chi connectivity index (χ1n) is 10.7. The van der Waals surface area contributed by atoms with Gasteiger partial charge in [0.25, 0.3) is 0 Å². The maximum absolute atomic E-state index is 12.7. The van der Waals surface area contributed by atoms with E-state index in [0.29, 0.717) is 17.2 Å². The van der Waals surface area contributed by atoms with E-state index in [2.05, 4.69) is 23.6 Å². The Kier molecular flexibility index (Phi) is 7.59. The van der Waals surface area contributed by atoms with Gasteiger partial charge in [0.2, 0.25) is 5.91 Å². The van der Waals surface area contributed by atoms with Gasteiger partial charge in [0.1, 0.15) is 0 Å². The summed E-state index contributed by atoms with van der Waals surface area (Å²) in [7, 11) is 0. The Morgan fingerprint density at radius 1 is 1.00 bits per heavy atom. The summed E-state index contributed by atoms with van der Waals surface area (Å²) >= 11 is 0. The molecule has 3 fully saturated rings. The van der Waals surface area contributed by atoms with Crippen molar-refractivity contribution in [3.05, 3.63) is 0 Å². The Bertz CT molecular complexity index is 371. The molecule has 3 rings (SSSR count). The molecule has 140 valence electrons. The number of carbonyl (C=O) groups is 1. The molecule has 0 aromatic rings. The number of rotatable bonds is 4. The lowest BCUT2D eigenvalue weighted by Crippen LogP contribution is -2.51. The highest BCUT2D eigenvalue weighted by atomic mass is 16.2. The molecule has 0 atom stereocenters. The van der Waals surface area contributed by atoms with E-state index in [1.54, 1.807) is 0 Å². The third-order valence-electron chi connectivity index (χ3n) is 6.66. The van der Waals surface area contributed by atoms with Gasteiger partial charge in [-0.3, -0.25) is 4.79 Å². The first-order chi connectivity index (χ1) is 11.7. The van der Waals surface area contributed by atoms with E-state index in [0.717, 1.165) is 51.5 Å². The minimum absolute atomic E-state index is 0.311. The fourth-order valence-electron chi connectivity index (χ4n) is 5.14. The van der Waals surface area contributed by atoms with Crippen LogP contribution >= 0.6 is 0 Å². The normalized spacial score (nSPS) is 25.1. The number of nitrogens with zero attached hydrogens (tertiary/aromatic N) is 2. The minimum atomic E-state index is 0.311. The van der Waals surface area contributed by atoms with Crippen molar-refractivity contribution in [2.75, 3.05) is 32.7 Å². The van der Waals surface area contributed by atoms with Gasteiger partial charge in [0.15, 0.2) is 0 Å². The Labute approximate surface area is 150 Å². The average molecular weight is 337 g/mol. The lowest BCUT2D eigenvalue weighted by atomic mass is 9.56. The summed E-state index contributed by atoms with van der Waals surface area (Å²) in [5.41, 5.74) is 0.627. The molecule has 3 heteroatoms. The molecule has 3 aliphatic rings. The molecule has 1 aliphatic carbocycles. The summed E-state index contributed by atoms with van der Waals surface area (Å²) in [5.74, 6) is 1.77. The predicted octanol–water partition coefficient (Wildman–Crippen LogP) is 4.56. The van der Waals surface area contributed by atoms with Crippen LogP contribution in [0.15, 0.2) is 0 Å². The van der Waals surface area contributed by atoms with E-state index in [9.17, 15) is 4.79 Å². The third-order valence-corrected chi connectivity index (χ3v) is 6.66. The van der Waals surface area contributed by atoms with Crippen LogP contribution in [0.1, 0.15) is 79.1 Å². The molecule has 2 heterocycles. The van der Waals surface area contributed by atoms with Crippen LogP contribution in [0.25, 0.3) is 0 Å². The topological polar surface area (TPSA) is 23.6 Å². The zero-order valence-electron chi connectivity index (χ0n) is 16.6. The van der Waals surface area contributed by atoms with Gasteiger partial charge in [-0.15, -0.1) is 0 Å². The fraction of sp³-hybridized carbons (Fsp3) is 0.952. The highest BCUT2D eigenvalue weighted by Gasteiger charge is 2.46. The number of carbonyl (C=O) groups excluding carboxylic acids is 1. The maximum Gasteiger partial charge on any atom is 0.225 e. The summed E-state index contributed by atoms with van der Waals surface area (Å²) in [6.45, 7) is 13.9. The predicted molar refractivity (Wildman–Crippen MR) is 102 cm³/mol. The molecule has 1 spiro atoms. The molecule has 1 amide bonds. The first-order valence-corrected chi connectivity index (χ1v) is 10.7. The number of hydrogen-bond acceptors (Lipinski definition) is 2. The van der Waals surface area contributed by atoms with Crippen LogP contribution in [-0.2, 0) is 4.79 Å². The molecule has 1 saturated carbocycles. The van der Waals surface area contributed by atoms with Crippen molar-refractivity contribution in [1.29, 1.82) is 0 Å². The Morgan fingerprint density at radius 3 is 2.08 bits per heavy atom. The van der Waals surface area contributed by atoms with E-state index >= 15 is 0 Å². The lowest BCUT2D eigenvalue weighted by molar-refractivity contribution is -0.141. The summed E-state index contributed by atoms with van der Waals surface area (Å²) in [6, 6.07) is 0. The van der Waals surface area contributed by atoms with Crippen molar-refractivity contribution in [1.82, 2.24) is 9.80 Å². The molecular formula is C21H40N2O. The maximum atomic E-state index is 12.7. The van der Waals surface area contributed by atoms with Crippen molar-refractivity contribution >= 4 is 5.91 Å². The second-order valence-corrected chi connectivity index (χ2v) is 8.10. The van der Waals surface area contributed by atoms with Gasteiger partial charge in [-0.1, -0.05) is 40.5 Å². The molecule has 3 nitrogen and oxygen atoms in total. The molecule has 0 radical (unpaired) electrons. The zero-order valence-corrected chi connectivity index (χ0v) is 16.6. The SMILES string of the molecule is CC.CCCC1CC2(CCN(C(=O)C3CCN(CC)CC3)CC2)C1. The second-order valence-electron chi connectivity index (χ2n) is 8.10. The monoisotopic (exact) mass is 336 g/mol. The van der Waals surface area contributed by atoms with E-state index in [4.69, 9.17) is 0 Å². The summed E-state index contributed by atoms with van der Waals surface area (Å²) in [6.07, 6.45) is 10.3. The fourth-order valence-corrected chi connectivity index (χ4v) is 5.14. The van der Waals surface area contributed by atoms with Gasteiger partial charge in [0.05, 0.1) is 0 Å². The van der Waals surface area contributed by atoms with Crippen LogP contribution in [0, 0.1) is 17.3 Å². The van der Waals surface area contributed by atoms with Gasteiger partial charge in [-0.05, 0) is 69.5 Å². The van der Waals surface area contributed by atoms with Crippen LogP contribution in [0.2, 0.25) is 0 Å². The standard InChI is InChI=1S/C19H34N2O.C2H6/c1-3-5-16-14-19(15-16)8-12-21(13-9-19)18(22)17-6-10-20(4-2)11-7-17;1-2/h16-17H,3-15H2,1-2H3;1-2H3. The van der Waals surface area contributed by atoms with Crippen LogP contribution in [-0.4, -0.2) is 48.4 Å². The Balaban J connectivity index is 0.00000100. The minimum Gasteiger partial charge on any atom is -0.342 e. The summed E-state index contributed by atoms with van der Waals surface area (Å²) in [4.78, 5) is 17.4. The van der Waals surface area contributed by atoms with Gasteiger partial charge < -0.3 is 9.80 Å². The highest BCUT2D eigenvalue weighted by molar-refractivity contribution is 5.79. The Morgan fingerprint density at radius 2 is 1.58 bits per heavy atom. The quantitative estimate of drug-likeness (QED) is 0.751. The first kappa shape index (κ1) is 19.8. The van der Waals surface area contributed by atoms with Gasteiger partial charge in [-0.25, -0.2) is 0 Å². The molecule has 2 saturated heterocycles. The smallest absolute Gasteiger partial charge is 0.225 e. The molecular weight excluding hydrogens is 296 g/mol. The van der Waals surface area contributed by atoms with E-state index < -0.39 is 0 Å². The van der Waals surface area contributed by atoms with Crippen LogP contribution in [0.3, 0.4) is 0 Å². The second kappa shape index (κ2) is 9.22. The molecule has 0 bridgehead atoms. The van der Waals surface area contributed by atoms with E-state index in [-0.39, 0.29) is 0 Å². The van der Waals surface area contributed by atoms with Crippen molar-refractivity contribution in [3.8, 4) is 0 Å². The molecule has 0 N–H and O–H groups in total. The zero-order chi connectivity index (χ0) is 17.6. The number of amides is 1. The lowest BCUT2D eigenvalue weighted by Gasteiger charge is -2.53.